The lowest BCUT2D eigenvalue weighted by atomic mass is 10.2. The molecule has 0 aliphatic rings. The van der Waals surface area contributed by atoms with Crippen molar-refractivity contribution in [1.82, 2.24) is 0 Å². The number of benzene rings is 1. The molecule has 0 aromatic heterocycles. The van der Waals surface area contributed by atoms with E-state index < -0.39 is 20.1 Å². The fourth-order valence-corrected chi connectivity index (χ4v) is 3.53. The Morgan fingerprint density at radius 1 is 1.19 bits per heavy atom. The maximum atomic E-state index is 12.5. The molecule has 0 saturated carbocycles. The smallest absolute Gasteiger partial charge is 0.416 e. The van der Waals surface area contributed by atoms with Crippen LogP contribution in [0.5, 0.6) is 0 Å². The standard InChI is InChI=1S/C15H21F3OSSi/c1-5-13(19-21(2,3)4)10-11-20-14-8-6-12(7-9-14)15(16,17)18/h5-9H,10-11H2,1-4H3. The molecule has 1 nitrogen and oxygen atoms in total. The molecule has 0 saturated heterocycles. The van der Waals surface area contributed by atoms with Crippen LogP contribution in [-0.4, -0.2) is 14.1 Å². The van der Waals surface area contributed by atoms with Gasteiger partial charge in [0.15, 0.2) is 0 Å². The van der Waals surface area contributed by atoms with Crippen LogP contribution < -0.4 is 0 Å². The SMILES string of the molecule is CC=C(CCSc1ccc(C(F)(F)F)cc1)O[Si](C)(C)C. The normalized spacial score (nSPS) is 13.4. The van der Waals surface area contributed by atoms with E-state index >= 15 is 0 Å². The van der Waals surface area contributed by atoms with Gasteiger partial charge in [0.25, 0.3) is 0 Å². The number of hydrogen-bond donors (Lipinski definition) is 0. The minimum atomic E-state index is -4.27. The Morgan fingerprint density at radius 2 is 1.76 bits per heavy atom. The molecule has 0 amide bonds. The number of allylic oxidation sites excluding steroid dienone is 2. The molecule has 0 heterocycles. The average Bonchev–Trinajstić information content (AvgIpc) is 2.35. The third-order valence-electron chi connectivity index (χ3n) is 2.56. The highest BCUT2D eigenvalue weighted by atomic mass is 32.2. The lowest BCUT2D eigenvalue weighted by molar-refractivity contribution is -0.137. The Bertz CT molecular complexity index is 475. The van der Waals surface area contributed by atoms with Crippen molar-refractivity contribution in [2.75, 3.05) is 5.75 Å². The van der Waals surface area contributed by atoms with E-state index in [4.69, 9.17) is 4.43 Å². The molecule has 1 rings (SSSR count). The Morgan fingerprint density at radius 3 is 2.19 bits per heavy atom. The maximum absolute atomic E-state index is 12.5. The third kappa shape index (κ3) is 7.08. The topological polar surface area (TPSA) is 9.23 Å². The van der Waals surface area contributed by atoms with E-state index in [1.807, 2.05) is 13.0 Å². The lowest BCUT2D eigenvalue weighted by Gasteiger charge is -2.21. The van der Waals surface area contributed by atoms with Gasteiger partial charge in [0, 0.05) is 17.1 Å². The van der Waals surface area contributed by atoms with Crippen LogP contribution in [-0.2, 0) is 10.6 Å². The van der Waals surface area contributed by atoms with Crippen molar-refractivity contribution in [1.29, 1.82) is 0 Å². The van der Waals surface area contributed by atoms with Crippen LogP contribution in [0.1, 0.15) is 18.9 Å². The molecule has 0 bridgehead atoms. The second-order valence-corrected chi connectivity index (χ2v) is 11.2. The van der Waals surface area contributed by atoms with Gasteiger partial charge < -0.3 is 4.43 Å². The second-order valence-electron chi connectivity index (χ2n) is 5.59. The summed E-state index contributed by atoms with van der Waals surface area (Å²) in [5.41, 5.74) is -0.608. The van der Waals surface area contributed by atoms with Crippen molar-refractivity contribution in [3.8, 4) is 0 Å². The van der Waals surface area contributed by atoms with Gasteiger partial charge in [-0.15, -0.1) is 11.8 Å². The van der Waals surface area contributed by atoms with Crippen molar-refractivity contribution in [3.63, 3.8) is 0 Å². The van der Waals surface area contributed by atoms with Crippen molar-refractivity contribution < 1.29 is 17.6 Å². The van der Waals surface area contributed by atoms with Gasteiger partial charge in [-0.1, -0.05) is 6.08 Å². The second kappa shape index (κ2) is 7.40. The first-order valence-corrected chi connectivity index (χ1v) is 11.2. The molecule has 0 aliphatic carbocycles. The van der Waals surface area contributed by atoms with Crippen molar-refractivity contribution in [3.05, 3.63) is 41.7 Å². The molecular weight excluding hydrogens is 313 g/mol. The Balaban J connectivity index is 2.49. The van der Waals surface area contributed by atoms with Gasteiger partial charge in [0.2, 0.25) is 8.32 Å². The Hall–Kier alpha value is -0.883. The third-order valence-corrected chi connectivity index (χ3v) is 4.45. The van der Waals surface area contributed by atoms with Crippen LogP contribution in [0.25, 0.3) is 0 Å². The van der Waals surface area contributed by atoms with Gasteiger partial charge in [0.05, 0.1) is 11.3 Å². The molecule has 118 valence electrons. The minimum absolute atomic E-state index is 0.608. The molecule has 0 spiro atoms. The monoisotopic (exact) mass is 334 g/mol. The van der Waals surface area contributed by atoms with Crippen LogP contribution in [0.2, 0.25) is 19.6 Å². The number of halogens is 3. The van der Waals surface area contributed by atoms with E-state index in [2.05, 4.69) is 19.6 Å². The van der Waals surface area contributed by atoms with Crippen molar-refractivity contribution in [2.24, 2.45) is 0 Å². The summed E-state index contributed by atoms with van der Waals surface area (Å²) in [4.78, 5) is 0.839. The van der Waals surface area contributed by atoms with E-state index in [1.165, 1.54) is 23.9 Å². The molecule has 21 heavy (non-hydrogen) atoms. The summed E-state index contributed by atoms with van der Waals surface area (Å²) in [5.74, 6) is 1.75. The van der Waals surface area contributed by atoms with Gasteiger partial charge in [-0.25, -0.2) is 0 Å². The molecule has 0 fully saturated rings. The van der Waals surface area contributed by atoms with Gasteiger partial charge >= 0.3 is 6.18 Å². The van der Waals surface area contributed by atoms with Crippen molar-refractivity contribution in [2.45, 2.75) is 44.1 Å². The zero-order valence-corrected chi connectivity index (χ0v) is 14.6. The predicted octanol–water partition coefficient (Wildman–Crippen LogP) is 5.94. The van der Waals surface area contributed by atoms with E-state index in [1.54, 1.807) is 0 Å². The predicted molar refractivity (Wildman–Crippen MR) is 85.0 cm³/mol. The molecule has 0 aliphatic heterocycles. The molecule has 0 unspecified atom stereocenters. The minimum Gasteiger partial charge on any atom is -0.548 e. The Kier molecular flexibility index (Phi) is 6.40. The fourth-order valence-electron chi connectivity index (χ4n) is 1.66. The lowest BCUT2D eigenvalue weighted by Crippen LogP contribution is -2.24. The van der Waals surface area contributed by atoms with E-state index in [-0.39, 0.29) is 0 Å². The van der Waals surface area contributed by atoms with E-state index in [0.29, 0.717) is 0 Å². The van der Waals surface area contributed by atoms with E-state index in [0.717, 1.165) is 35.0 Å². The van der Waals surface area contributed by atoms with Gasteiger partial charge in [-0.05, 0) is 50.8 Å². The first kappa shape index (κ1) is 18.2. The number of thioether (sulfide) groups is 1. The van der Waals surface area contributed by atoms with Crippen LogP contribution in [0.15, 0.2) is 41.0 Å². The van der Waals surface area contributed by atoms with Crippen LogP contribution in [0, 0.1) is 0 Å². The zero-order chi connectivity index (χ0) is 16.1. The first-order chi connectivity index (χ1) is 9.62. The fraction of sp³-hybridized carbons (Fsp3) is 0.467. The summed E-state index contributed by atoms with van der Waals surface area (Å²) in [5, 5.41) is 0. The van der Waals surface area contributed by atoms with E-state index in [9.17, 15) is 13.2 Å². The summed E-state index contributed by atoms with van der Waals surface area (Å²) in [6.07, 6.45) is -1.52. The highest BCUT2D eigenvalue weighted by molar-refractivity contribution is 7.99. The highest BCUT2D eigenvalue weighted by Gasteiger charge is 2.29. The molecule has 6 heteroatoms. The maximum Gasteiger partial charge on any atom is 0.416 e. The highest BCUT2D eigenvalue weighted by Crippen LogP contribution is 2.31. The summed E-state index contributed by atoms with van der Waals surface area (Å²) in [6.45, 7) is 8.32. The summed E-state index contributed by atoms with van der Waals surface area (Å²) >= 11 is 1.54. The van der Waals surface area contributed by atoms with Crippen molar-refractivity contribution >= 4 is 20.1 Å². The van der Waals surface area contributed by atoms with Crippen LogP contribution >= 0.6 is 11.8 Å². The van der Waals surface area contributed by atoms with Gasteiger partial charge in [0.1, 0.15) is 0 Å². The number of rotatable bonds is 6. The molecule has 0 atom stereocenters. The van der Waals surface area contributed by atoms with Gasteiger partial charge in [-0.3, -0.25) is 0 Å². The molecule has 1 aromatic carbocycles. The molecular formula is C15H21F3OSSi. The molecule has 1 aromatic rings. The Labute approximate surface area is 129 Å². The largest absolute Gasteiger partial charge is 0.548 e. The quantitative estimate of drug-likeness (QED) is 0.361. The summed E-state index contributed by atoms with van der Waals surface area (Å²) in [7, 11) is -1.60. The average molecular weight is 334 g/mol. The number of hydrogen-bond acceptors (Lipinski definition) is 2. The van der Waals surface area contributed by atoms with Crippen LogP contribution in [0.3, 0.4) is 0 Å². The zero-order valence-electron chi connectivity index (χ0n) is 12.8. The number of alkyl halides is 3. The summed E-state index contributed by atoms with van der Waals surface area (Å²) in [6, 6.07) is 5.28. The van der Waals surface area contributed by atoms with Gasteiger partial charge in [-0.2, -0.15) is 13.2 Å². The first-order valence-electron chi connectivity index (χ1n) is 6.76. The molecule has 0 N–H and O–H groups in total. The molecule has 0 radical (unpaired) electrons. The van der Waals surface area contributed by atoms with Crippen LogP contribution in [0.4, 0.5) is 13.2 Å². The summed E-state index contributed by atoms with van der Waals surface area (Å²) < 4.78 is 43.3.